The maximum atomic E-state index is 10.1. The van der Waals surface area contributed by atoms with Gasteiger partial charge in [-0.3, -0.25) is 0 Å². The summed E-state index contributed by atoms with van der Waals surface area (Å²) < 4.78 is 7.36. The zero-order chi connectivity index (χ0) is 15.2. The Balaban J connectivity index is 1.85. The van der Waals surface area contributed by atoms with Gasteiger partial charge in [-0.15, -0.1) is 0 Å². The van der Waals surface area contributed by atoms with Crippen molar-refractivity contribution in [1.82, 2.24) is 14.8 Å². The highest BCUT2D eigenvalue weighted by Crippen LogP contribution is 2.16. The number of ether oxygens (including phenoxy) is 1. The molecule has 0 amide bonds. The van der Waals surface area contributed by atoms with Gasteiger partial charge in [0.2, 0.25) is 0 Å². The molecule has 0 fully saturated rings. The molecule has 1 N–H and O–H groups in total. The normalized spacial score (nSPS) is 12.6. The number of aliphatic hydroxyl groups excluding tert-OH is 1. The summed E-state index contributed by atoms with van der Waals surface area (Å²) in [7, 11) is 0. The van der Waals surface area contributed by atoms with E-state index in [-0.39, 0.29) is 6.61 Å². The summed E-state index contributed by atoms with van der Waals surface area (Å²) in [5.74, 6) is 1.94. The van der Waals surface area contributed by atoms with Crippen LogP contribution >= 0.6 is 11.6 Å². The third-order valence-electron chi connectivity index (χ3n) is 2.91. The number of hydrogen-bond acceptors (Lipinski definition) is 4. The molecule has 0 saturated heterocycles. The number of aliphatic hydroxyl groups is 1. The van der Waals surface area contributed by atoms with E-state index < -0.39 is 6.10 Å². The number of aromatic nitrogens is 3. The van der Waals surface area contributed by atoms with E-state index in [1.54, 1.807) is 24.3 Å². The summed E-state index contributed by atoms with van der Waals surface area (Å²) in [5, 5.41) is 14.9. The third kappa shape index (κ3) is 5.02. The lowest BCUT2D eigenvalue weighted by Crippen LogP contribution is -2.23. The van der Waals surface area contributed by atoms with Crippen LogP contribution in [0.4, 0.5) is 0 Å². The molecule has 0 aliphatic carbocycles. The van der Waals surface area contributed by atoms with Gasteiger partial charge in [0, 0.05) is 18.0 Å². The second-order valence-electron chi connectivity index (χ2n) is 5.38. The molecule has 6 heteroatoms. The van der Waals surface area contributed by atoms with Crippen molar-refractivity contribution in [3.8, 4) is 5.75 Å². The lowest BCUT2D eigenvalue weighted by atomic mass is 10.2. The Kier molecular flexibility index (Phi) is 5.59. The van der Waals surface area contributed by atoms with Crippen molar-refractivity contribution in [2.45, 2.75) is 32.9 Å². The highest BCUT2D eigenvalue weighted by Gasteiger charge is 2.13. The first kappa shape index (κ1) is 15.8. The van der Waals surface area contributed by atoms with E-state index in [9.17, 15) is 5.11 Å². The fraction of sp³-hybridized carbons (Fsp3) is 0.467. The van der Waals surface area contributed by atoms with Gasteiger partial charge >= 0.3 is 0 Å². The molecule has 5 nitrogen and oxygen atoms in total. The molecule has 1 aromatic carbocycles. The van der Waals surface area contributed by atoms with E-state index in [0.29, 0.717) is 23.1 Å². The first-order valence-corrected chi connectivity index (χ1v) is 7.35. The highest BCUT2D eigenvalue weighted by molar-refractivity contribution is 6.30. The number of hydrogen-bond donors (Lipinski definition) is 1. The number of halogens is 1. The molecule has 2 rings (SSSR count). The molecule has 1 atom stereocenters. The monoisotopic (exact) mass is 309 g/mol. The van der Waals surface area contributed by atoms with Crippen molar-refractivity contribution in [2.75, 3.05) is 6.61 Å². The molecule has 0 saturated carbocycles. The first-order chi connectivity index (χ1) is 10.0. The third-order valence-corrected chi connectivity index (χ3v) is 3.16. The molecule has 0 bridgehead atoms. The SMILES string of the molecule is CC(C)Cn1ncnc1CC(O)COc1ccc(Cl)cc1. The van der Waals surface area contributed by atoms with Crippen LogP contribution in [0, 0.1) is 5.92 Å². The van der Waals surface area contributed by atoms with Crippen LogP contribution in [0.15, 0.2) is 30.6 Å². The Labute approximate surface area is 129 Å². The zero-order valence-electron chi connectivity index (χ0n) is 12.2. The topological polar surface area (TPSA) is 60.2 Å². The van der Waals surface area contributed by atoms with Gasteiger partial charge in [0.25, 0.3) is 0 Å². The highest BCUT2D eigenvalue weighted by atomic mass is 35.5. The largest absolute Gasteiger partial charge is 0.491 e. The second-order valence-corrected chi connectivity index (χ2v) is 5.81. The summed E-state index contributed by atoms with van der Waals surface area (Å²) in [6.07, 6.45) is 1.31. The van der Waals surface area contributed by atoms with Gasteiger partial charge in [-0.1, -0.05) is 25.4 Å². The van der Waals surface area contributed by atoms with Crippen molar-refractivity contribution < 1.29 is 9.84 Å². The van der Waals surface area contributed by atoms with Crippen LogP contribution in [0.5, 0.6) is 5.75 Å². The fourth-order valence-corrected chi connectivity index (χ4v) is 2.06. The van der Waals surface area contributed by atoms with E-state index in [1.165, 1.54) is 6.33 Å². The zero-order valence-corrected chi connectivity index (χ0v) is 13.0. The molecule has 2 aromatic rings. The maximum Gasteiger partial charge on any atom is 0.138 e. The van der Waals surface area contributed by atoms with Gasteiger partial charge in [0.05, 0.1) is 6.10 Å². The van der Waals surface area contributed by atoms with Crippen LogP contribution in [-0.2, 0) is 13.0 Å². The number of benzene rings is 1. The van der Waals surface area contributed by atoms with Crippen LogP contribution in [0.3, 0.4) is 0 Å². The summed E-state index contributed by atoms with van der Waals surface area (Å²) in [6.45, 7) is 5.23. The molecular formula is C15H20ClN3O2. The molecule has 1 unspecified atom stereocenters. The van der Waals surface area contributed by atoms with Crippen molar-refractivity contribution >= 4 is 11.6 Å². The van der Waals surface area contributed by atoms with Gasteiger partial charge in [0.1, 0.15) is 24.5 Å². The van der Waals surface area contributed by atoms with Gasteiger partial charge in [-0.2, -0.15) is 5.10 Å². The summed E-state index contributed by atoms with van der Waals surface area (Å²) >= 11 is 5.81. The van der Waals surface area contributed by atoms with Gasteiger partial charge in [0.15, 0.2) is 0 Å². The van der Waals surface area contributed by atoms with Gasteiger partial charge < -0.3 is 9.84 Å². The molecule has 1 heterocycles. The minimum Gasteiger partial charge on any atom is -0.491 e. The predicted molar refractivity (Wildman–Crippen MR) is 81.5 cm³/mol. The van der Waals surface area contributed by atoms with Gasteiger partial charge in [-0.05, 0) is 30.2 Å². The van der Waals surface area contributed by atoms with Crippen LogP contribution < -0.4 is 4.74 Å². The molecule has 114 valence electrons. The Morgan fingerprint density at radius 2 is 2.00 bits per heavy atom. The maximum absolute atomic E-state index is 10.1. The van der Waals surface area contributed by atoms with E-state index in [0.717, 1.165) is 12.4 Å². The smallest absolute Gasteiger partial charge is 0.138 e. The second kappa shape index (κ2) is 7.43. The molecular weight excluding hydrogens is 290 g/mol. The van der Waals surface area contributed by atoms with E-state index in [1.807, 2.05) is 4.68 Å². The van der Waals surface area contributed by atoms with Crippen molar-refractivity contribution in [3.05, 3.63) is 41.4 Å². The molecule has 1 aromatic heterocycles. The Bertz CT molecular complexity index is 554. The average molecular weight is 310 g/mol. The minimum absolute atomic E-state index is 0.205. The Morgan fingerprint density at radius 1 is 1.29 bits per heavy atom. The van der Waals surface area contributed by atoms with Crippen LogP contribution in [0.2, 0.25) is 5.02 Å². The molecule has 0 aliphatic rings. The summed E-state index contributed by atoms with van der Waals surface area (Å²) in [5.41, 5.74) is 0. The van der Waals surface area contributed by atoms with E-state index >= 15 is 0 Å². The summed E-state index contributed by atoms with van der Waals surface area (Å²) in [4.78, 5) is 4.19. The lowest BCUT2D eigenvalue weighted by molar-refractivity contribution is 0.105. The average Bonchev–Trinajstić information content (AvgIpc) is 2.84. The molecule has 21 heavy (non-hydrogen) atoms. The summed E-state index contributed by atoms with van der Waals surface area (Å²) in [6, 6.07) is 7.05. The minimum atomic E-state index is -0.629. The van der Waals surface area contributed by atoms with E-state index in [2.05, 4.69) is 23.9 Å². The quantitative estimate of drug-likeness (QED) is 0.854. The molecule has 0 spiro atoms. The standard InChI is InChI=1S/C15H20ClN3O2/c1-11(2)8-19-15(17-10-18-19)7-13(20)9-21-14-5-3-12(16)4-6-14/h3-6,10-11,13,20H,7-9H2,1-2H3. The van der Waals surface area contributed by atoms with Crippen molar-refractivity contribution in [3.63, 3.8) is 0 Å². The predicted octanol–water partition coefficient (Wildman–Crippen LogP) is 2.57. The van der Waals surface area contributed by atoms with Gasteiger partial charge in [-0.25, -0.2) is 9.67 Å². The lowest BCUT2D eigenvalue weighted by Gasteiger charge is -2.13. The van der Waals surface area contributed by atoms with E-state index in [4.69, 9.17) is 16.3 Å². The fourth-order valence-electron chi connectivity index (χ4n) is 1.94. The van der Waals surface area contributed by atoms with Crippen LogP contribution in [0.1, 0.15) is 19.7 Å². The van der Waals surface area contributed by atoms with Crippen molar-refractivity contribution in [2.24, 2.45) is 5.92 Å². The van der Waals surface area contributed by atoms with Crippen molar-refractivity contribution in [1.29, 1.82) is 0 Å². The Morgan fingerprint density at radius 3 is 2.67 bits per heavy atom. The number of rotatable bonds is 7. The Hall–Kier alpha value is -1.59. The van der Waals surface area contributed by atoms with Crippen LogP contribution in [0.25, 0.3) is 0 Å². The molecule has 0 aliphatic heterocycles. The molecule has 0 radical (unpaired) electrons. The number of nitrogens with zero attached hydrogens (tertiary/aromatic N) is 3. The van der Waals surface area contributed by atoms with Crippen LogP contribution in [-0.4, -0.2) is 32.6 Å². The first-order valence-electron chi connectivity index (χ1n) is 6.97.